The van der Waals surface area contributed by atoms with Gasteiger partial charge in [-0.1, -0.05) is 0 Å². The van der Waals surface area contributed by atoms with Crippen LogP contribution in [0.15, 0.2) is 6.33 Å². The summed E-state index contributed by atoms with van der Waals surface area (Å²) in [6, 6.07) is 0. The lowest BCUT2D eigenvalue weighted by molar-refractivity contribution is 0.371. The lowest BCUT2D eigenvalue weighted by atomic mass is 10.4. The standard InChI is InChI=1S/C8H8FN5O/c1-4-5(15-2)6(9)13-8(12-4)7-10-3-11-14-7/h3H,1-2H3,(H,10,11,14). The zero-order valence-corrected chi connectivity index (χ0v) is 8.15. The molecule has 0 unspecified atom stereocenters. The number of halogens is 1. The highest BCUT2D eigenvalue weighted by Crippen LogP contribution is 2.20. The molecule has 6 nitrogen and oxygen atoms in total. The van der Waals surface area contributed by atoms with E-state index in [0.29, 0.717) is 11.5 Å². The predicted molar refractivity (Wildman–Crippen MR) is 48.7 cm³/mol. The lowest BCUT2D eigenvalue weighted by Gasteiger charge is -2.05. The number of aryl methyl sites for hydroxylation is 1. The number of rotatable bonds is 2. The first kappa shape index (κ1) is 9.50. The van der Waals surface area contributed by atoms with E-state index in [1.54, 1.807) is 6.92 Å². The van der Waals surface area contributed by atoms with Crippen LogP contribution >= 0.6 is 0 Å². The van der Waals surface area contributed by atoms with Crippen molar-refractivity contribution in [3.63, 3.8) is 0 Å². The molecule has 2 heterocycles. The lowest BCUT2D eigenvalue weighted by Crippen LogP contribution is -2.01. The first-order chi connectivity index (χ1) is 7.22. The fraction of sp³-hybridized carbons (Fsp3) is 0.250. The van der Waals surface area contributed by atoms with Gasteiger partial charge in [0.25, 0.3) is 5.95 Å². The molecular weight excluding hydrogens is 201 g/mol. The number of hydrogen-bond acceptors (Lipinski definition) is 5. The van der Waals surface area contributed by atoms with Crippen molar-refractivity contribution in [2.24, 2.45) is 0 Å². The van der Waals surface area contributed by atoms with Crippen LogP contribution < -0.4 is 4.74 Å². The molecule has 0 radical (unpaired) electrons. The summed E-state index contributed by atoms with van der Waals surface area (Å²) in [7, 11) is 1.36. The number of ether oxygens (including phenoxy) is 1. The van der Waals surface area contributed by atoms with Crippen molar-refractivity contribution in [1.29, 1.82) is 0 Å². The van der Waals surface area contributed by atoms with Crippen molar-refractivity contribution in [2.75, 3.05) is 7.11 Å². The third-order valence-corrected chi connectivity index (χ3v) is 1.82. The average molecular weight is 209 g/mol. The third kappa shape index (κ3) is 1.63. The number of aromatic nitrogens is 5. The molecule has 2 aromatic rings. The van der Waals surface area contributed by atoms with Gasteiger partial charge in [-0.3, -0.25) is 5.10 Å². The first-order valence-corrected chi connectivity index (χ1v) is 4.16. The van der Waals surface area contributed by atoms with Gasteiger partial charge in [0, 0.05) is 0 Å². The van der Waals surface area contributed by atoms with Crippen molar-refractivity contribution >= 4 is 0 Å². The van der Waals surface area contributed by atoms with Gasteiger partial charge in [-0.05, 0) is 6.92 Å². The molecule has 78 valence electrons. The number of nitrogens with zero attached hydrogens (tertiary/aromatic N) is 4. The Morgan fingerprint density at radius 1 is 1.40 bits per heavy atom. The molecule has 2 aromatic heterocycles. The van der Waals surface area contributed by atoms with E-state index in [4.69, 9.17) is 4.74 Å². The van der Waals surface area contributed by atoms with Crippen LogP contribution in [-0.4, -0.2) is 32.3 Å². The molecule has 0 aliphatic heterocycles. The van der Waals surface area contributed by atoms with Gasteiger partial charge >= 0.3 is 0 Å². The van der Waals surface area contributed by atoms with Gasteiger partial charge in [-0.15, -0.1) is 0 Å². The summed E-state index contributed by atoms with van der Waals surface area (Å²) in [6.07, 6.45) is 1.30. The topological polar surface area (TPSA) is 76.6 Å². The predicted octanol–water partition coefficient (Wildman–Crippen LogP) is 0.718. The van der Waals surface area contributed by atoms with E-state index in [1.165, 1.54) is 13.4 Å². The minimum atomic E-state index is -0.712. The van der Waals surface area contributed by atoms with Gasteiger partial charge in [-0.25, -0.2) is 9.97 Å². The highest BCUT2D eigenvalue weighted by Gasteiger charge is 2.14. The Morgan fingerprint density at radius 2 is 2.20 bits per heavy atom. The number of hydrogen-bond donors (Lipinski definition) is 1. The van der Waals surface area contributed by atoms with Gasteiger partial charge in [0.2, 0.25) is 0 Å². The van der Waals surface area contributed by atoms with Crippen molar-refractivity contribution in [3.8, 4) is 17.4 Å². The maximum absolute atomic E-state index is 13.4. The SMILES string of the molecule is COc1c(C)nc(-c2ncn[nH]2)nc1F. The van der Waals surface area contributed by atoms with E-state index in [1.807, 2.05) is 0 Å². The van der Waals surface area contributed by atoms with E-state index in [-0.39, 0.29) is 11.6 Å². The molecule has 1 N–H and O–H groups in total. The summed E-state index contributed by atoms with van der Waals surface area (Å²) in [5, 5.41) is 6.18. The minimum Gasteiger partial charge on any atom is -0.490 e. The second-order valence-electron chi connectivity index (χ2n) is 2.79. The molecule has 7 heteroatoms. The van der Waals surface area contributed by atoms with Crippen LogP contribution in [0.3, 0.4) is 0 Å². The fourth-order valence-electron chi connectivity index (χ4n) is 1.18. The van der Waals surface area contributed by atoms with Gasteiger partial charge in [-0.2, -0.15) is 14.5 Å². The summed E-state index contributed by atoms with van der Waals surface area (Å²) in [6.45, 7) is 1.63. The Kier molecular flexibility index (Phi) is 2.28. The van der Waals surface area contributed by atoms with Gasteiger partial charge in [0.1, 0.15) is 6.33 Å². The van der Waals surface area contributed by atoms with Crippen molar-refractivity contribution in [2.45, 2.75) is 6.92 Å². The fourth-order valence-corrected chi connectivity index (χ4v) is 1.18. The Bertz CT molecular complexity index is 447. The molecule has 0 fully saturated rings. The van der Waals surface area contributed by atoms with Crippen LogP contribution in [0.2, 0.25) is 0 Å². The third-order valence-electron chi connectivity index (χ3n) is 1.82. The number of aromatic amines is 1. The van der Waals surface area contributed by atoms with E-state index >= 15 is 0 Å². The first-order valence-electron chi connectivity index (χ1n) is 4.16. The monoisotopic (exact) mass is 209 g/mol. The molecule has 0 atom stereocenters. The summed E-state index contributed by atoms with van der Waals surface area (Å²) >= 11 is 0. The Balaban J connectivity index is 2.53. The second-order valence-corrected chi connectivity index (χ2v) is 2.79. The molecular formula is C8H8FN5O. The summed E-state index contributed by atoms with van der Waals surface area (Å²) in [4.78, 5) is 11.5. The van der Waals surface area contributed by atoms with Crippen molar-refractivity contribution in [1.82, 2.24) is 25.1 Å². The summed E-state index contributed by atoms with van der Waals surface area (Å²) in [5.41, 5.74) is 0.413. The highest BCUT2D eigenvalue weighted by molar-refractivity contribution is 5.43. The quantitative estimate of drug-likeness (QED) is 0.737. The number of nitrogens with one attached hydrogen (secondary N) is 1. The Morgan fingerprint density at radius 3 is 2.73 bits per heavy atom. The smallest absolute Gasteiger partial charge is 0.259 e. The zero-order valence-electron chi connectivity index (χ0n) is 8.15. The summed E-state index contributed by atoms with van der Waals surface area (Å²) in [5.74, 6) is -0.197. The van der Waals surface area contributed by atoms with E-state index in [0.717, 1.165) is 0 Å². The Labute approximate surface area is 84.6 Å². The molecule has 0 saturated heterocycles. The van der Waals surface area contributed by atoms with E-state index in [9.17, 15) is 4.39 Å². The molecule has 0 saturated carbocycles. The van der Waals surface area contributed by atoms with E-state index < -0.39 is 5.95 Å². The maximum Gasteiger partial charge on any atom is 0.259 e. The maximum atomic E-state index is 13.4. The van der Waals surface area contributed by atoms with E-state index in [2.05, 4.69) is 25.1 Å². The van der Waals surface area contributed by atoms with Crippen LogP contribution in [0.4, 0.5) is 4.39 Å². The zero-order chi connectivity index (χ0) is 10.8. The molecule has 15 heavy (non-hydrogen) atoms. The number of methoxy groups -OCH3 is 1. The van der Waals surface area contributed by atoms with Crippen LogP contribution in [0.1, 0.15) is 5.69 Å². The largest absolute Gasteiger partial charge is 0.490 e. The normalized spacial score (nSPS) is 10.3. The van der Waals surface area contributed by atoms with Crippen molar-refractivity contribution in [3.05, 3.63) is 18.0 Å². The molecule has 2 rings (SSSR count). The van der Waals surface area contributed by atoms with Gasteiger partial charge in [0.05, 0.1) is 12.8 Å². The highest BCUT2D eigenvalue weighted by atomic mass is 19.1. The van der Waals surface area contributed by atoms with Crippen LogP contribution in [0.25, 0.3) is 11.6 Å². The molecule has 0 aliphatic carbocycles. The van der Waals surface area contributed by atoms with Crippen molar-refractivity contribution < 1.29 is 9.13 Å². The molecule has 0 aliphatic rings. The average Bonchev–Trinajstić information content (AvgIpc) is 2.69. The van der Waals surface area contributed by atoms with Crippen LogP contribution in [0.5, 0.6) is 5.75 Å². The minimum absolute atomic E-state index is 0.0401. The summed E-state index contributed by atoms with van der Waals surface area (Å²) < 4.78 is 18.2. The van der Waals surface area contributed by atoms with Gasteiger partial charge < -0.3 is 4.74 Å². The molecule has 0 spiro atoms. The second kappa shape index (κ2) is 3.60. The Hall–Kier alpha value is -2.05. The van der Waals surface area contributed by atoms with Gasteiger partial charge in [0.15, 0.2) is 17.4 Å². The molecule has 0 aromatic carbocycles. The van der Waals surface area contributed by atoms with Crippen LogP contribution in [-0.2, 0) is 0 Å². The number of H-pyrrole nitrogens is 1. The molecule has 0 amide bonds. The molecule has 0 bridgehead atoms. The van der Waals surface area contributed by atoms with Crippen LogP contribution in [0, 0.1) is 12.9 Å².